The first-order valence-corrected chi connectivity index (χ1v) is 8.63. The number of rotatable bonds is 4. The first-order valence-electron chi connectivity index (χ1n) is 7.19. The van der Waals surface area contributed by atoms with E-state index in [0.717, 1.165) is 24.2 Å². The molecule has 0 amide bonds. The van der Waals surface area contributed by atoms with Crippen LogP contribution in [0.2, 0.25) is 0 Å². The Bertz CT molecular complexity index is 730. The Morgan fingerprint density at radius 1 is 1.23 bits per heavy atom. The van der Waals surface area contributed by atoms with Crippen LogP contribution in [0.15, 0.2) is 53.7 Å². The highest BCUT2D eigenvalue weighted by atomic mass is 32.2. The van der Waals surface area contributed by atoms with Crippen LogP contribution < -0.4 is 4.74 Å². The number of hydrogen-bond acceptors (Lipinski definition) is 4. The molecule has 1 aromatic carbocycles. The molecule has 3 rings (SSSR count). The Morgan fingerprint density at radius 3 is 2.64 bits per heavy atom. The summed E-state index contributed by atoms with van der Waals surface area (Å²) in [6.07, 6.45) is 4.66. The molecule has 1 aliphatic heterocycles. The number of benzene rings is 1. The molecule has 0 saturated carbocycles. The van der Waals surface area contributed by atoms with E-state index in [1.54, 1.807) is 29.7 Å². The lowest BCUT2D eigenvalue weighted by atomic mass is 10.1. The average molecular weight is 318 g/mol. The molecule has 1 aliphatic rings. The summed E-state index contributed by atoms with van der Waals surface area (Å²) in [5.74, 6) is 0.767. The van der Waals surface area contributed by atoms with Crippen molar-refractivity contribution in [3.05, 3.63) is 54.4 Å². The molecule has 1 fully saturated rings. The van der Waals surface area contributed by atoms with Gasteiger partial charge in [-0.15, -0.1) is 0 Å². The molecule has 0 N–H and O–H groups in total. The molecule has 0 aliphatic carbocycles. The fourth-order valence-electron chi connectivity index (χ4n) is 2.82. The minimum absolute atomic E-state index is 0.129. The van der Waals surface area contributed by atoms with Crippen molar-refractivity contribution in [2.75, 3.05) is 13.7 Å². The van der Waals surface area contributed by atoms with Crippen molar-refractivity contribution in [2.24, 2.45) is 0 Å². The van der Waals surface area contributed by atoms with Crippen molar-refractivity contribution in [1.29, 1.82) is 0 Å². The standard InChI is InChI=1S/C16H18N2O3S/c1-21-14-8-6-13(7-9-14)16-5-3-11-18(16)22(19,20)15-4-2-10-17-12-15/h2,4,6-10,12,16H,3,5,11H2,1H3/t16-/m1/s1. The van der Waals surface area contributed by atoms with Gasteiger partial charge < -0.3 is 4.74 Å². The van der Waals surface area contributed by atoms with Crippen molar-refractivity contribution < 1.29 is 13.2 Å². The van der Waals surface area contributed by atoms with Gasteiger partial charge in [0.25, 0.3) is 0 Å². The monoisotopic (exact) mass is 318 g/mol. The van der Waals surface area contributed by atoms with Gasteiger partial charge in [-0.2, -0.15) is 4.31 Å². The minimum Gasteiger partial charge on any atom is -0.497 e. The van der Waals surface area contributed by atoms with E-state index in [0.29, 0.717) is 6.54 Å². The lowest BCUT2D eigenvalue weighted by molar-refractivity contribution is 0.394. The third-order valence-electron chi connectivity index (χ3n) is 3.95. The number of pyridine rings is 1. The van der Waals surface area contributed by atoms with Crippen molar-refractivity contribution >= 4 is 10.0 Å². The summed E-state index contributed by atoms with van der Waals surface area (Å²) < 4.78 is 32.3. The third-order valence-corrected chi connectivity index (χ3v) is 5.84. The second-order valence-corrected chi connectivity index (χ2v) is 7.13. The largest absolute Gasteiger partial charge is 0.497 e. The summed E-state index contributed by atoms with van der Waals surface area (Å²) in [5.41, 5.74) is 0.991. The van der Waals surface area contributed by atoms with Crippen molar-refractivity contribution in [2.45, 2.75) is 23.8 Å². The van der Waals surface area contributed by atoms with Crippen LogP contribution in [-0.4, -0.2) is 31.4 Å². The van der Waals surface area contributed by atoms with Crippen molar-refractivity contribution in [3.63, 3.8) is 0 Å². The summed E-state index contributed by atoms with van der Waals surface area (Å²) in [6.45, 7) is 0.536. The maximum absolute atomic E-state index is 12.8. The summed E-state index contributed by atoms with van der Waals surface area (Å²) in [6, 6.07) is 10.7. The zero-order valence-corrected chi connectivity index (χ0v) is 13.2. The highest BCUT2D eigenvalue weighted by Gasteiger charge is 2.36. The molecule has 1 aromatic heterocycles. The molecule has 0 unspecified atom stereocenters. The predicted molar refractivity (Wildman–Crippen MR) is 83.1 cm³/mol. The highest BCUT2D eigenvalue weighted by Crippen LogP contribution is 2.36. The van der Waals surface area contributed by atoms with Crippen LogP contribution in [0.1, 0.15) is 24.4 Å². The quantitative estimate of drug-likeness (QED) is 0.869. The van der Waals surface area contributed by atoms with Crippen LogP contribution in [0.5, 0.6) is 5.75 Å². The Kier molecular flexibility index (Phi) is 4.13. The molecule has 22 heavy (non-hydrogen) atoms. The van der Waals surface area contributed by atoms with Crippen molar-refractivity contribution in [3.8, 4) is 5.75 Å². The first-order chi connectivity index (χ1) is 10.6. The predicted octanol–water partition coefficient (Wildman–Crippen LogP) is 2.62. The zero-order chi connectivity index (χ0) is 15.6. The number of sulfonamides is 1. The van der Waals surface area contributed by atoms with Crippen LogP contribution in [0.25, 0.3) is 0 Å². The second kappa shape index (κ2) is 6.06. The van der Waals surface area contributed by atoms with E-state index in [9.17, 15) is 8.42 Å². The van der Waals surface area contributed by atoms with Gasteiger partial charge in [-0.05, 0) is 42.7 Å². The first kappa shape index (κ1) is 15.0. The van der Waals surface area contributed by atoms with Gasteiger partial charge in [-0.25, -0.2) is 8.42 Å². The summed E-state index contributed by atoms with van der Waals surface area (Å²) in [5, 5.41) is 0. The second-order valence-electron chi connectivity index (χ2n) is 5.24. The molecule has 0 radical (unpaired) electrons. The fourth-order valence-corrected chi connectivity index (χ4v) is 4.47. The molecule has 1 saturated heterocycles. The molecular weight excluding hydrogens is 300 g/mol. The van der Waals surface area contributed by atoms with Gasteiger partial charge in [0.15, 0.2) is 0 Å². The third kappa shape index (κ3) is 2.71. The molecule has 0 bridgehead atoms. The molecule has 0 spiro atoms. The van der Waals surface area contributed by atoms with E-state index >= 15 is 0 Å². The maximum atomic E-state index is 12.8. The molecule has 2 aromatic rings. The number of nitrogens with zero attached hydrogens (tertiary/aromatic N) is 2. The van der Waals surface area contributed by atoms with Gasteiger partial charge in [-0.3, -0.25) is 4.98 Å². The molecular formula is C16H18N2O3S. The SMILES string of the molecule is COc1ccc([C@H]2CCCN2S(=O)(=O)c2cccnc2)cc1. The Labute approximate surface area is 130 Å². The molecule has 5 nitrogen and oxygen atoms in total. The molecule has 1 atom stereocenters. The van der Waals surface area contributed by atoms with Crippen LogP contribution in [-0.2, 0) is 10.0 Å². The summed E-state index contributed by atoms with van der Waals surface area (Å²) >= 11 is 0. The van der Waals surface area contributed by atoms with E-state index in [-0.39, 0.29) is 10.9 Å². The molecule has 116 valence electrons. The van der Waals surface area contributed by atoms with Crippen LogP contribution >= 0.6 is 0 Å². The molecule has 6 heteroatoms. The van der Waals surface area contributed by atoms with Crippen LogP contribution in [0.3, 0.4) is 0 Å². The zero-order valence-electron chi connectivity index (χ0n) is 12.3. The van der Waals surface area contributed by atoms with E-state index < -0.39 is 10.0 Å². The minimum atomic E-state index is -3.51. The highest BCUT2D eigenvalue weighted by molar-refractivity contribution is 7.89. The Balaban J connectivity index is 1.92. The maximum Gasteiger partial charge on any atom is 0.245 e. The van der Waals surface area contributed by atoms with E-state index in [2.05, 4.69) is 4.98 Å². The Hall–Kier alpha value is -1.92. The van der Waals surface area contributed by atoms with Crippen LogP contribution in [0, 0.1) is 0 Å². The summed E-state index contributed by atoms with van der Waals surface area (Å²) in [7, 11) is -1.90. The van der Waals surface area contributed by atoms with Crippen molar-refractivity contribution in [1.82, 2.24) is 9.29 Å². The molecule has 2 heterocycles. The average Bonchev–Trinajstić information content (AvgIpc) is 3.06. The lowest BCUT2D eigenvalue weighted by Crippen LogP contribution is -2.30. The summed E-state index contributed by atoms with van der Waals surface area (Å²) in [4.78, 5) is 4.17. The van der Waals surface area contributed by atoms with E-state index in [1.807, 2.05) is 24.3 Å². The van der Waals surface area contributed by atoms with Gasteiger partial charge in [0.2, 0.25) is 10.0 Å². The normalized spacial score (nSPS) is 19.2. The number of aromatic nitrogens is 1. The topological polar surface area (TPSA) is 59.5 Å². The van der Waals surface area contributed by atoms with E-state index in [1.165, 1.54) is 6.20 Å². The smallest absolute Gasteiger partial charge is 0.245 e. The van der Waals surface area contributed by atoms with Gasteiger partial charge in [0.1, 0.15) is 10.6 Å². The number of methoxy groups -OCH3 is 1. The van der Waals surface area contributed by atoms with Gasteiger partial charge in [0.05, 0.1) is 13.2 Å². The number of hydrogen-bond donors (Lipinski definition) is 0. The van der Waals surface area contributed by atoms with Crippen LogP contribution in [0.4, 0.5) is 0 Å². The number of ether oxygens (including phenoxy) is 1. The Morgan fingerprint density at radius 2 is 2.00 bits per heavy atom. The van der Waals surface area contributed by atoms with Gasteiger partial charge in [0, 0.05) is 18.9 Å². The van der Waals surface area contributed by atoms with E-state index in [4.69, 9.17) is 4.74 Å². The lowest BCUT2D eigenvalue weighted by Gasteiger charge is -2.24. The fraction of sp³-hybridized carbons (Fsp3) is 0.312. The van der Waals surface area contributed by atoms with Gasteiger partial charge >= 0.3 is 0 Å². The van der Waals surface area contributed by atoms with Gasteiger partial charge in [-0.1, -0.05) is 12.1 Å².